The van der Waals surface area contributed by atoms with Gasteiger partial charge in [0.05, 0.1) is 7.11 Å². The Morgan fingerprint density at radius 1 is 1.00 bits per heavy atom. The first-order chi connectivity index (χ1) is 11.7. The van der Waals surface area contributed by atoms with Crippen LogP contribution in [-0.2, 0) is 0 Å². The van der Waals surface area contributed by atoms with Gasteiger partial charge >= 0.3 is 0 Å². The molecule has 132 valence electrons. The summed E-state index contributed by atoms with van der Waals surface area (Å²) in [5.74, 6) is 3.21. The lowest BCUT2D eigenvalue weighted by Crippen LogP contribution is -2.24. The minimum absolute atomic E-state index is 0.132. The van der Waals surface area contributed by atoms with E-state index in [2.05, 4.69) is 6.92 Å². The predicted molar refractivity (Wildman–Crippen MR) is 98.7 cm³/mol. The van der Waals surface area contributed by atoms with Crippen molar-refractivity contribution in [2.24, 2.45) is 17.8 Å². The van der Waals surface area contributed by atoms with Crippen molar-refractivity contribution in [2.45, 2.75) is 64.7 Å². The number of benzene rings is 1. The van der Waals surface area contributed by atoms with Crippen LogP contribution in [0, 0.1) is 17.8 Å². The highest BCUT2D eigenvalue weighted by atomic mass is 19.1. The normalized spacial score (nSPS) is 28.0. The Labute approximate surface area is 146 Å². The van der Waals surface area contributed by atoms with Crippen LogP contribution in [0.15, 0.2) is 30.1 Å². The fourth-order valence-corrected chi connectivity index (χ4v) is 4.77. The summed E-state index contributed by atoms with van der Waals surface area (Å²) in [6.45, 7) is 2.29. The Morgan fingerprint density at radius 2 is 1.71 bits per heavy atom. The van der Waals surface area contributed by atoms with E-state index in [0.717, 1.165) is 41.6 Å². The predicted octanol–water partition coefficient (Wildman–Crippen LogP) is 6.78. The first-order valence-corrected chi connectivity index (χ1v) is 9.73. The fraction of sp³-hybridized carbons (Fsp3) is 0.636. The Balaban J connectivity index is 1.61. The summed E-state index contributed by atoms with van der Waals surface area (Å²) in [6.07, 6.45) is 10.8. The summed E-state index contributed by atoms with van der Waals surface area (Å²) in [4.78, 5) is 0. The molecule has 1 atom stereocenters. The van der Waals surface area contributed by atoms with Gasteiger partial charge in [-0.15, -0.1) is 0 Å². The fourth-order valence-electron chi connectivity index (χ4n) is 4.77. The average Bonchev–Trinajstić information content (AvgIpc) is 2.63. The van der Waals surface area contributed by atoms with Crippen LogP contribution in [0.5, 0.6) is 5.75 Å². The number of halogens is 1. The third-order valence-electron chi connectivity index (χ3n) is 6.23. The van der Waals surface area contributed by atoms with Gasteiger partial charge in [0.1, 0.15) is 11.6 Å². The van der Waals surface area contributed by atoms with Gasteiger partial charge in [0, 0.05) is 6.42 Å². The first-order valence-electron chi connectivity index (χ1n) is 9.73. The van der Waals surface area contributed by atoms with Crippen LogP contribution in [0.3, 0.4) is 0 Å². The van der Waals surface area contributed by atoms with E-state index in [1.807, 2.05) is 24.3 Å². The molecule has 0 heterocycles. The summed E-state index contributed by atoms with van der Waals surface area (Å²) in [5.41, 5.74) is 1.95. The molecule has 1 nitrogen and oxygen atoms in total. The molecule has 1 fully saturated rings. The lowest BCUT2D eigenvalue weighted by Gasteiger charge is -2.36. The number of allylic oxidation sites excluding steroid dienone is 2. The quantitative estimate of drug-likeness (QED) is 0.578. The summed E-state index contributed by atoms with van der Waals surface area (Å²) in [7, 11) is 1.66. The molecule has 1 saturated carbocycles. The molecule has 2 aliphatic rings. The molecule has 2 aliphatic carbocycles. The third-order valence-corrected chi connectivity index (χ3v) is 6.23. The van der Waals surface area contributed by atoms with Gasteiger partial charge < -0.3 is 4.74 Å². The highest BCUT2D eigenvalue weighted by Gasteiger charge is 2.31. The zero-order valence-corrected chi connectivity index (χ0v) is 15.2. The van der Waals surface area contributed by atoms with Crippen molar-refractivity contribution >= 4 is 5.57 Å². The molecule has 3 rings (SSSR count). The number of methoxy groups -OCH3 is 1. The van der Waals surface area contributed by atoms with Crippen LogP contribution in [0.2, 0.25) is 0 Å². The monoisotopic (exact) mass is 330 g/mol. The van der Waals surface area contributed by atoms with Gasteiger partial charge in [0.15, 0.2) is 0 Å². The minimum atomic E-state index is 0.132. The van der Waals surface area contributed by atoms with Crippen LogP contribution in [0.25, 0.3) is 5.57 Å². The van der Waals surface area contributed by atoms with Crippen LogP contribution >= 0.6 is 0 Å². The highest BCUT2D eigenvalue weighted by molar-refractivity contribution is 5.68. The van der Waals surface area contributed by atoms with Crippen molar-refractivity contribution in [2.75, 3.05) is 7.11 Å². The molecule has 0 N–H and O–H groups in total. The molecule has 0 bridgehead atoms. The van der Waals surface area contributed by atoms with E-state index in [0.29, 0.717) is 12.3 Å². The Hall–Kier alpha value is -1.31. The summed E-state index contributed by atoms with van der Waals surface area (Å²) >= 11 is 0. The highest BCUT2D eigenvalue weighted by Crippen LogP contribution is 2.44. The van der Waals surface area contributed by atoms with E-state index in [9.17, 15) is 4.39 Å². The van der Waals surface area contributed by atoms with E-state index in [-0.39, 0.29) is 5.83 Å². The number of ether oxygens (including phenoxy) is 1. The number of hydrogen-bond acceptors (Lipinski definition) is 1. The van der Waals surface area contributed by atoms with E-state index >= 15 is 0 Å². The van der Waals surface area contributed by atoms with Crippen LogP contribution in [0.1, 0.15) is 70.3 Å². The van der Waals surface area contributed by atoms with Gasteiger partial charge in [0.2, 0.25) is 0 Å². The van der Waals surface area contributed by atoms with Gasteiger partial charge in [-0.1, -0.05) is 44.7 Å². The molecule has 2 heteroatoms. The first kappa shape index (κ1) is 17.5. The van der Waals surface area contributed by atoms with Gasteiger partial charge in [0.25, 0.3) is 0 Å². The zero-order chi connectivity index (χ0) is 16.9. The molecule has 0 unspecified atom stereocenters. The average molecular weight is 330 g/mol. The van der Waals surface area contributed by atoms with Crippen molar-refractivity contribution < 1.29 is 9.13 Å². The maximum absolute atomic E-state index is 14.8. The van der Waals surface area contributed by atoms with Crippen molar-refractivity contribution in [3.05, 3.63) is 35.7 Å². The molecule has 0 radical (unpaired) electrons. The number of rotatable bonds is 5. The van der Waals surface area contributed by atoms with E-state index < -0.39 is 0 Å². The third kappa shape index (κ3) is 4.02. The molecule has 1 aromatic rings. The second-order valence-electron chi connectivity index (χ2n) is 7.68. The summed E-state index contributed by atoms with van der Waals surface area (Å²) in [6, 6.07) is 7.83. The zero-order valence-electron chi connectivity index (χ0n) is 15.2. The van der Waals surface area contributed by atoms with Crippen LogP contribution in [0.4, 0.5) is 4.39 Å². The molecule has 24 heavy (non-hydrogen) atoms. The summed E-state index contributed by atoms with van der Waals surface area (Å²) < 4.78 is 20.0. The second kappa shape index (κ2) is 8.18. The van der Waals surface area contributed by atoms with Crippen molar-refractivity contribution in [3.8, 4) is 5.75 Å². The van der Waals surface area contributed by atoms with Crippen LogP contribution in [-0.4, -0.2) is 7.11 Å². The van der Waals surface area contributed by atoms with E-state index in [1.54, 1.807) is 7.11 Å². The second-order valence-corrected chi connectivity index (χ2v) is 7.68. The van der Waals surface area contributed by atoms with E-state index in [1.165, 1.54) is 38.5 Å². The van der Waals surface area contributed by atoms with Gasteiger partial charge in [-0.25, -0.2) is 4.39 Å². The molecular weight excluding hydrogens is 299 g/mol. The molecule has 0 saturated heterocycles. The number of hydrogen-bond donors (Lipinski definition) is 0. The van der Waals surface area contributed by atoms with Crippen molar-refractivity contribution in [1.82, 2.24) is 0 Å². The van der Waals surface area contributed by atoms with Gasteiger partial charge in [-0.05, 0) is 66.7 Å². The minimum Gasteiger partial charge on any atom is -0.497 e. The SMILES string of the molecule is CCCC1CCC([C@@H]2CCC(c3ccc(OC)cc3)=C(F)C2)CC1. The Kier molecular flexibility index (Phi) is 5.97. The maximum Gasteiger partial charge on any atom is 0.118 e. The van der Waals surface area contributed by atoms with E-state index in [4.69, 9.17) is 4.74 Å². The van der Waals surface area contributed by atoms with Crippen LogP contribution < -0.4 is 4.74 Å². The van der Waals surface area contributed by atoms with Gasteiger partial charge in [-0.3, -0.25) is 0 Å². The summed E-state index contributed by atoms with van der Waals surface area (Å²) in [5, 5.41) is 0. The molecule has 0 spiro atoms. The van der Waals surface area contributed by atoms with Crippen molar-refractivity contribution in [1.29, 1.82) is 0 Å². The maximum atomic E-state index is 14.8. The van der Waals surface area contributed by atoms with Crippen molar-refractivity contribution in [3.63, 3.8) is 0 Å². The molecular formula is C22H31FO. The molecule has 0 amide bonds. The standard InChI is InChI=1S/C22H31FO/c1-3-4-16-5-7-17(8-6-16)19-11-14-21(22(23)15-19)18-9-12-20(24-2)13-10-18/h9-10,12-13,16-17,19H,3-8,11,14-15H2,1-2H3/t16?,17?,19-/m1/s1. The topological polar surface area (TPSA) is 9.23 Å². The van der Waals surface area contributed by atoms with Gasteiger partial charge in [-0.2, -0.15) is 0 Å². The lowest BCUT2D eigenvalue weighted by molar-refractivity contribution is 0.180. The molecule has 0 aliphatic heterocycles. The molecule has 1 aromatic carbocycles. The largest absolute Gasteiger partial charge is 0.497 e. The molecule has 0 aromatic heterocycles. The lowest BCUT2D eigenvalue weighted by atomic mass is 9.70. The Bertz CT molecular complexity index is 552. The smallest absolute Gasteiger partial charge is 0.118 e. The Morgan fingerprint density at radius 3 is 2.29 bits per heavy atom.